The van der Waals surface area contributed by atoms with Crippen molar-refractivity contribution in [3.05, 3.63) is 71.2 Å². The van der Waals surface area contributed by atoms with Crippen molar-refractivity contribution in [2.75, 3.05) is 0 Å². The van der Waals surface area contributed by atoms with Gasteiger partial charge in [0.05, 0.1) is 5.69 Å². The summed E-state index contributed by atoms with van der Waals surface area (Å²) in [5.74, 6) is 0.988. The van der Waals surface area contributed by atoms with Gasteiger partial charge in [-0.1, -0.05) is 30.3 Å². The molecule has 0 spiro atoms. The van der Waals surface area contributed by atoms with Crippen molar-refractivity contribution in [1.29, 1.82) is 0 Å². The van der Waals surface area contributed by atoms with E-state index in [1.807, 2.05) is 48.5 Å². The van der Waals surface area contributed by atoms with Gasteiger partial charge in [-0.25, -0.2) is 4.98 Å². The van der Waals surface area contributed by atoms with Gasteiger partial charge < -0.3 is 14.3 Å². The van der Waals surface area contributed by atoms with Gasteiger partial charge >= 0.3 is 5.95 Å². The minimum absolute atomic E-state index is 0.191. The Labute approximate surface area is 144 Å². The second-order valence-corrected chi connectivity index (χ2v) is 5.73. The molecular formula is C20H16N2O3. The number of aliphatic imine (C=N–C) groups is 1. The van der Waals surface area contributed by atoms with E-state index in [1.54, 1.807) is 19.2 Å². The van der Waals surface area contributed by atoms with Crippen LogP contribution in [-0.4, -0.2) is 16.3 Å². The Balaban J connectivity index is 1.59. The maximum absolute atomic E-state index is 9.76. The third-order valence-electron chi connectivity index (χ3n) is 3.90. The zero-order valence-corrected chi connectivity index (χ0v) is 13.6. The number of aryl methyl sites for hydroxylation is 1. The molecule has 4 rings (SSSR count). The summed E-state index contributed by atoms with van der Waals surface area (Å²) in [5, 5.41) is 9.76. The van der Waals surface area contributed by atoms with Crippen LogP contribution in [0.1, 0.15) is 22.7 Å². The van der Waals surface area contributed by atoms with Gasteiger partial charge in [-0.3, -0.25) is 4.99 Å². The van der Waals surface area contributed by atoms with E-state index in [0.29, 0.717) is 18.2 Å². The van der Waals surface area contributed by atoms with Crippen LogP contribution in [-0.2, 0) is 6.61 Å². The molecule has 0 amide bonds. The fourth-order valence-electron chi connectivity index (χ4n) is 2.69. The van der Waals surface area contributed by atoms with Gasteiger partial charge in [-0.15, -0.1) is 0 Å². The number of rotatable bonds is 4. The average Bonchev–Trinajstić information content (AvgIpc) is 3.17. The summed E-state index contributed by atoms with van der Waals surface area (Å²) >= 11 is 0. The highest BCUT2D eigenvalue weighted by Crippen LogP contribution is 2.36. The number of fused-ring (bicyclic) bond motifs is 1. The number of hydrogen-bond donors (Lipinski definition) is 1. The van der Waals surface area contributed by atoms with Crippen molar-refractivity contribution in [2.24, 2.45) is 4.99 Å². The van der Waals surface area contributed by atoms with Crippen LogP contribution in [0.3, 0.4) is 0 Å². The van der Waals surface area contributed by atoms with Crippen LogP contribution in [0.5, 0.6) is 11.7 Å². The first-order valence-corrected chi connectivity index (χ1v) is 7.92. The van der Waals surface area contributed by atoms with Crippen molar-refractivity contribution in [3.8, 4) is 11.7 Å². The molecule has 2 aromatic carbocycles. The molecule has 1 aliphatic rings. The minimum atomic E-state index is -0.191. The molecule has 124 valence electrons. The molecule has 2 heterocycles. The molecule has 1 aromatic heterocycles. The van der Waals surface area contributed by atoms with E-state index in [1.165, 1.54) is 0 Å². The summed E-state index contributed by atoms with van der Waals surface area (Å²) < 4.78 is 10.9. The summed E-state index contributed by atoms with van der Waals surface area (Å²) in [7, 11) is 0. The number of ether oxygens (including phenoxy) is 1. The van der Waals surface area contributed by atoms with Crippen molar-refractivity contribution in [1.82, 2.24) is 4.98 Å². The third-order valence-corrected chi connectivity index (χ3v) is 3.90. The Hall–Kier alpha value is -3.34. The molecule has 0 bridgehead atoms. The van der Waals surface area contributed by atoms with E-state index in [9.17, 15) is 5.11 Å². The molecule has 0 saturated heterocycles. The average molecular weight is 332 g/mol. The zero-order valence-electron chi connectivity index (χ0n) is 13.6. The first kappa shape index (κ1) is 15.2. The lowest BCUT2D eigenvalue weighted by molar-refractivity contribution is 0.306. The number of hydrogen-bond acceptors (Lipinski definition) is 5. The standard InChI is InChI=1S/C20H16N2O3/c1-13-22-19(20(23)25-13)9-15-11-21-18-8-7-16(10-17(15)18)24-12-14-5-3-2-4-6-14/h2-11,23H,12H2,1H3/b15-9+. The molecule has 25 heavy (non-hydrogen) atoms. The van der Waals surface area contributed by atoms with Gasteiger partial charge in [0, 0.05) is 24.3 Å². The highest BCUT2D eigenvalue weighted by Gasteiger charge is 2.16. The summed E-state index contributed by atoms with van der Waals surface area (Å²) in [6, 6.07) is 15.8. The maximum Gasteiger partial charge on any atom is 0.310 e. The van der Waals surface area contributed by atoms with Crippen LogP contribution in [0.4, 0.5) is 5.69 Å². The van der Waals surface area contributed by atoms with Gasteiger partial charge in [0.1, 0.15) is 18.1 Å². The summed E-state index contributed by atoms with van der Waals surface area (Å²) in [4.78, 5) is 8.54. The van der Waals surface area contributed by atoms with E-state index in [4.69, 9.17) is 9.15 Å². The highest BCUT2D eigenvalue weighted by molar-refractivity contribution is 6.21. The van der Waals surface area contributed by atoms with Crippen LogP contribution < -0.4 is 4.74 Å². The van der Waals surface area contributed by atoms with Crippen molar-refractivity contribution in [3.63, 3.8) is 0 Å². The number of nitrogens with zero attached hydrogens (tertiary/aromatic N) is 2. The fraction of sp³-hybridized carbons (Fsp3) is 0.100. The molecule has 0 saturated carbocycles. The molecule has 0 unspecified atom stereocenters. The van der Waals surface area contributed by atoms with E-state index < -0.39 is 0 Å². The summed E-state index contributed by atoms with van der Waals surface area (Å²) in [6.45, 7) is 2.19. The molecule has 5 heteroatoms. The fourth-order valence-corrected chi connectivity index (χ4v) is 2.69. The normalized spacial score (nSPS) is 14.0. The lowest BCUT2D eigenvalue weighted by Crippen LogP contribution is -1.95. The summed E-state index contributed by atoms with van der Waals surface area (Å²) in [5.41, 5.74) is 4.15. The number of benzene rings is 2. The van der Waals surface area contributed by atoms with Gasteiger partial charge in [0.25, 0.3) is 0 Å². The lowest BCUT2D eigenvalue weighted by atomic mass is 10.1. The van der Waals surface area contributed by atoms with E-state index in [0.717, 1.165) is 28.1 Å². The van der Waals surface area contributed by atoms with Crippen LogP contribution >= 0.6 is 0 Å². The first-order valence-electron chi connectivity index (χ1n) is 7.92. The Bertz CT molecular complexity index is 972. The predicted octanol–water partition coefficient (Wildman–Crippen LogP) is 4.52. The summed E-state index contributed by atoms with van der Waals surface area (Å²) in [6.07, 6.45) is 3.50. The highest BCUT2D eigenvalue weighted by atomic mass is 16.5. The van der Waals surface area contributed by atoms with E-state index >= 15 is 0 Å². The number of allylic oxidation sites excluding steroid dienone is 1. The molecule has 0 aliphatic carbocycles. The van der Waals surface area contributed by atoms with Crippen LogP contribution in [0.15, 0.2) is 57.9 Å². The van der Waals surface area contributed by atoms with Crippen LogP contribution in [0.25, 0.3) is 11.6 Å². The molecule has 0 fully saturated rings. The Morgan fingerprint density at radius 2 is 2.00 bits per heavy atom. The SMILES string of the molecule is Cc1nc(/C=C2\C=Nc3ccc(OCc4ccccc4)cc32)c(O)o1. The zero-order chi connectivity index (χ0) is 17.2. The molecular weight excluding hydrogens is 316 g/mol. The lowest BCUT2D eigenvalue weighted by Gasteiger charge is -2.08. The quantitative estimate of drug-likeness (QED) is 0.762. The second kappa shape index (κ2) is 6.28. The molecule has 0 atom stereocenters. The monoisotopic (exact) mass is 332 g/mol. The molecule has 1 N–H and O–H groups in total. The van der Waals surface area contributed by atoms with Crippen LogP contribution in [0.2, 0.25) is 0 Å². The van der Waals surface area contributed by atoms with Gasteiger partial charge in [-0.05, 0) is 29.8 Å². The largest absolute Gasteiger partial charge is 0.489 e. The van der Waals surface area contributed by atoms with Crippen LogP contribution in [0, 0.1) is 6.92 Å². The van der Waals surface area contributed by atoms with Crippen molar-refractivity contribution >= 4 is 23.6 Å². The number of aromatic nitrogens is 1. The molecule has 3 aromatic rings. The molecule has 1 aliphatic heterocycles. The van der Waals surface area contributed by atoms with E-state index in [2.05, 4.69) is 9.98 Å². The molecule has 0 radical (unpaired) electrons. The van der Waals surface area contributed by atoms with Gasteiger partial charge in [-0.2, -0.15) is 0 Å². The predicted molar refractivity (Wildman–Crippen MR) is 96.1 cm³/mol. The Morgan fingerprint density at radius 3 is 2.76 bits per heavy atom. The Morgan fingerprint density at radius 1 is 1.16 bits per heavy atom. The third kappa shape index (κ3) is 3.17. The number of oxazole rings is 1. The van der Waals surface area contributed by atoms with Gasteiger partial charge in [0.2, 0.25) is 0 Å². The topological polar surface area (TPSA) is 67.9 Å². The number of aromatic hydroxyl groups is 1. The maximum atomic E-state index is 9.76. The van der Waals surface area contributed by atoms with E-state index in [-0.39, 0.29) is 5.95 Å². The Kier molecular flexibility index (Phi) is 3.82. The minimum Gasteiger partial charge on any atom is -0.489 e. The smallest absolute Gasteiger partial charge is 0.310 e. The van der Waals surface area contributed by atoms with Crippen molar-refractivity contribution < 1.29 is 14.3 Å². The molecule has 5 nitrogen and oxygen atoms in total. The second-order valence-electron chi connectivity index (χ2n) is 5.73. The first-order chi connectivity index (χ1) is 12.2. The van der Waals surface area contributed by atoms with Crippen molar-refractivity contribution in [2.45, 2.75) is 13.5 Å². The van der Waals surface area contributed by atoms with Gasteiger partial charge in [0.15, 0.2) is 5.89 Å².